The van der Waals surface area contributed by atoms with E-state index >= 15 is 0 Å². The second-order valence-electron chi connectivity index (χ2n) is 4.82. The maximum atomic E-state index is 11.9. The van der Waals surface area contributed by atoms with Crippen molar-refractivity contribution in [1.29, 1.82) is 0 Å². The molecule has 1 aliphatic rings. The van der Waals surface area contributed by atoms with Gasteiger partial charge in [0.15, 0.2) is 0 Å². The Kier molecular flexibility index (Phi) is 7.10. The highest BCUT2D eigenvalue weighted by molar-refractivity contribution is 7.90. The molecule has 0 aromatic heterocycles. The van der Waals surface area contributed by atoms with Crippen molar-refractivity contribution in [2.45, 2.75) is 18.1 Å². The Morgan fingerprint density at radius 1 is 1.39 bits per heavy atom. The van der Waals surface area contributed by atoms with Crippen molar-refractivity contribution >= 4 is 10.0 Å². The molecule has 0 aliphatic carbocycles. The van der Waals surface area contributed by atoms with E-state index in [1.165, 1.54) is 0 Å². The van der Waals surface area contributed by atoms with Crippen LogP contribution >= 0.6 is 0 Å². The molecule has 1 saturated heterocycles. The highest BCUT2D eigenvalue weighted by atomic mass is 32.2. The molecule has 0 aromatic carbocycles. The quantitative estimate of drug-likeness (QED) is 0.571. The first-order valence-corrected chi connectivity index (χ1v) is 7.98. The molecule has 18 heavy (non-hydrogen) atoms. The average Bonchev–Trinajstić information content (AvgIpc) is 2.34. The second kappa shape index (κ2) is 8.06. The average molecular weight is 279 g/mol. The molecule has 0 saturated carbocycles. The molecule has 2 N–H and O–H groups in total. The van der Waals surface area contributed by atoms with E-state index < -0.39 is 10.0 Å². The maximum Gasteiger partial charge on any atom is 0.215 e. The lowest BCUT2D eigenvalue weighted by molar-refractivity contribution is 0.122. The van der Waals surface area contributed by atoms with Gasteiger partial charge in [-0.05, 0) is 33.5 Å². The van der Waals surface area contributed by atoms with Gasteiger partial charge in [0.2, 0.25) is 10.0 Å². The smallest absolute Gasteiger partial charge is 0.215 e. The van der Waals surface area contributed by atoms with Crippen LogP contribution < -0.4 is 10.0 Å². The molecule has 1 aliphatic heterocycles. The van der Waals surface area contributed by atoms with E-state index in [1.807, 2.05) is 19.0 Å². The van der Waals surface area contributed by atoms with Crippen molar-refractivity contribution in [3.05, 3.63) is 0 Å². The van der Waals surface area contributed by atoms with Gasteiger partial charge in [0.05, 0.1) is 18.5 Å². The van der Waals surface area contributed by atoms with Gasteiger partial charge in [-0.15, -0.1) is 0 Å². The summed E-state index contributed by atoms with van der Waals surface area (Å²) in [6.07, 6.45) is 1.66. The molecule has 1 atom stereocenters. The molecule has 1 rings (SSSR count). The minimum Gasteiger partial charge on any atom is -0.379 e. The summed E-state index contributed by atoms with van der Waals surface area (Å²) in [5.41, 5.74) is 0. The molecule has 1 fully saturated rings. The van der Waals surface area contributed by atoms with E-state index in [9.17, 15) is 8.42 Å². The van der Waals surface area contributed by atoms with Crippen LogP contribution in [0.25, 0.3) is 0 Å². The summed E-state index contributed by atoms with van der Waals surface area (Å²) in [7, 11) is 0.759. The molecule has 0 radical (unpaired) electrons. The largest absolute Gasteiger partial charge is 0.379 e. The summed E-state index contributed by atoms with van der Waals surface area (Å²) < 4.78 is 31.8. The third kappa shape index (κ3) is 6.10. The zero-order chi connectivity index (χ0) is 13.4. The van der Waals surface area contributed by atoms with Crippen LogP contribution in [0.3, 0.4) is 0 Å². The predicted molar refractivity (Wildman–Crippen MR) is 72.2 cm³/mol. The molecule has 0 spiro atoms. The molecule has 0 amide bonds. The summed E-state index contributed by atoms with van der Waals surface area (Å²) >= 11 is 0. The minimum atomic E-state index is -3.19. The highest BCUT2D eigenvalue weighted by Gasteiger charge is 2.26. The van der Waals surface area contributed by atoms with E-state index in [-0.39, 0.29) is 5.25 Å². The lowest BCUT2D eigenvalue weighted by atomic mass is 10.2. The fourth-order valence-corrected chi connectivity index (χ4v) is 3.23. The van der Waals surface area contributed by atoms with Gasteiger partial charge in [-0.2, -0.15) is 0 Å². The lowest BCUT2D eigenvalue weighted by Gasteiger charge is -2.23. The van der Waals surface area contributed by atoms with Crippen LogP contribution in [0, 0.1) is 0 Å². The van der Waals surface area contributed by atoms with Crippen molar-refractivity contribution in [2.75, 3.05) is 53.5 Å². The normalized spacial score (nSPS) is 21.4. The third-order valence-corrected chi connectivity index (χ3v) is 4.81. The third-order valence-electron chi connectivity index (χ3n) is 2.92. The zero-order valence-corrected chi connectivity index (χ0v) is 12.1. The number of piperidine rings is 1. The Hall–Kier alpha value is -0.210. The summed E-state index contributed by atoms with van der Waals surface area (Å²) in [5.74, 6) is 0. The fraction of sp³-hybridized carbons (Fsp3) is 1.00. The van der Waals surface area contributed by atoms with Crippen LogP contribution in [-0.2, 0) is 14.8 Å². The molecular weight excluding hydrogens is 254 g/mol. The molecule has 7 heteroatoms. The molecule has 1 heterocycles. The monoisotopic (exact) mass is 279 g/mol. The van der Waals surface area contributed by atoms with Gasteiger partial charge in [0, 0.05) is 19.6 Å². The lowest BCUT2D eigenvalue weighted by Crippen LogP contribution is -2.45. The van der Waals surface area contributed by atoms with Crippen LogP contribution in [0.15, 0.2) is 0 Å². The van der Waals surface area contributed by atoms with Crippen molar-refractivity contribution < 1.29 is 13.2 Å². The van der Waals surface area contributed by atoms with Crippen molar-refractivity contribution in [1.82, 2.24) is 14.9 Å². The van der Waals surface area contributed by atoms with E-state index in [0.717, 1.165) is 25.9 Å². The van der Waals surface area contributed by atoms with Crippen LogP contribution in [0.5, 0.6) is 0 Å². The minimum absolute atomic E-state index is 0.298. The van der Waals surface area contributed by atoms with Gasteiger partial charge >= 0.3 is 0 Å². The van der Waals surface area contributed by atoms with Crippen molar-refractivity contribution in [3.8, 4) is 0 Å². The summed E-state index contributed by atoms with van der Waals surface area (Å²) in [5, 5.41) is 2.81. The number of hydrogen-bond donors (Lipinski definition) is 2. The van der Waals surface area contributed by atoms with Crippen LogP contribution in [0.2, 0.25) is 0 Å². The van der Waals surface area contributed by atoms with E-state index in [2.05, 4.69) is 10.0 Å². The number of likely N-dealkylation sites (N-methyl/N-ethyl adjacent to an activating group) is 1. The van der Waals surface area contributed by atoms with Crippen molar-refractivity contribution in [3.63, 3.8) is 0 Å². The fourth-order valence-electron chi connectivity index (χ4n) is 1.81. The molecule has 0 bridgehead atoms. The SMILES string of the molecule is CN(C)CCOCCNS(=O)(=O)C1CCCNC1. The number of ether oxygens (including phenoxy) is 1. The number of hydrogen-bond acceptors (Lipinski definition) is 5. The maximum absolute atomic E-state index is 11.9. The number of nitrogens with one attached hydrogen (secondary N) is 2. The summed E-state index contributed by atoms with van der Waals surface area (Å²) in [6.45, 7) is 3.72. The number of rotatable bonds is 8. The van der Waals surface area contributed by atoms with Gasteiger partial charge in [-0.3, -0.25) is 0 Å². The Morgan fingerprint density at radius 3 is 2.78 bits per heavy atom. The molecule has 6 nitrogen and oxygen atoms in total. The second-order valence-corrected chi connectivity index (χ2v) is 6.87. The first-order chi connectivity index (χ1) is 8.52. The van der Waals surface area contributed by atoms with E-state index in [1.54, 1.807) is 0 Å². The van der Waals surface area contributed by atoms with Gasteiger partial charge in [0.1, 0.15) is 0 Å². The molecule has 0 aromatic rings. The Labute approximate surface area is 110 Å². The van der Waals surface area contributed by atoms with E-state index in [4.69, 9.17) is 4.74 Å². The Balaban J connectivity index is 2.13. The zero-order valence-electron chi connectivity index (χ0n) is 11.3. The van der Waals surface area contributed by atoms with Gasteiger partial charge in [0.25, 0.3) is 0 Å². The molecule has 1 unspecified atom stereocenters. The number of nitrogens with zero attached hydrogens (tertiary/aromatic N) is 1. The Morgan fingerprint density at radius 2 is 2.17 bits per heavy atom. The van der Waals surface area contributed by atoms with Crippen LogP contribution in [0.4, 0.5) is 0 Å². The van der Waals surface area contributed by atoms with E-state index in [0.29, 0.717) is 26.3 Å². The molecular formula is C11H25N3O3S. The van der Waals surface area contributed by atoms with Crippen LogP contribution in [-0.4, -0.2) is 72.1 Å². The predicted octanol–water partition coefficient (Wildman–Crippen LogP) is -0.764. The number of sulfonamides is 1. The van der Waals surface area contributed by atoms with Gasteiger partial charge in [-0.25, -0.2) is 13.1 Å². The standard InChI is InChI=1S/C11H25N3O3S/c1-14(2)7-9-17-8-6-13-18(15,16)11-4-3-5-12-10-11/h11-13H,3-10H2,1-2H3. The summed E-state index contributed by atoms with van der Waals surface area (Å²) in [4.78, 5) is 2.03. The van der Waals surface area contributed by atoms with Crippen molar-refractivity contribution in [2.24, 2.45) is 0 Å². The highest BCUT2D eigenvalue weighted by Crippen LogP contribution is 2.09. The van der Waals surface area contributed by atoms with Gasteiger partial charge in [-0.1, -0.05) is 0 Å². The Bertz CT molecular complexity index is 313. The van der Waals surface area contributed by atoms with Crippen LogP contribution in [0.1, 0.15) is 12.8 Å². The summed E-state index contributed by atoms with van der Waals surface area (Å²) in [6, 6.07) is 0. The first-order valence-electron chi connectivity index (χ1n) is 6.44. The first kappa shape index (κ1) is 15.8. The topological polar surface area (TPSA) is 70.7 Å². The van der Waals surface area contributed by atoms with Gasteiger partial charge < -0.3 is 15.0 Å². The molecule has 108 valence electrons.